The predicted molar refractivity (Wildman–Crippen MR) is 113 cm³/mol. The Hall–Kier alpha value is -3.66. The zero-order chi connectivity index (χ0) is 21.1. The average molecular weight is 422 g/mol. The van der Waals surface area contributed by atoms with Gasteiger partial charge in [-0.15, -0.1) is 10.2 Å². The van der Waals surface area contributed by atoms with Gasteiger partial charge < -0.3 is 19.6 Å². The Labute approximate surface area is 175 Å². The van der Waals surface area contributed by atoms with Gasteiger partial charge in [-0.1, -0.05) is 17.8 Å². The number of nitrogens with one attached hydrogen (secondary N) is 2. The van der Waals surface area contributed by atoms with Gasteiger partial charge in [0.25, 0.3) is 5.91 Å². The number of oxazole rings is 1. The fraction of sp³-hybridized carbons (Fsp3) is 0.150. The van der Waals surface area contributed by atoms with Gasteiger partial charge in [-0.2, -0.15) is 0 Å². The van der Waals surface area contributed by atoms with E-state index in [-0.39, 0.29) is 17.6 Å². The quantitative estimate of drug-likeness (QED) is 0.458. The Morgan fingerprint density at radius 2 is 1.97 bits per heavy atom. The molecule has 4 rings (SSSR count). The van der Waals surface area contributed by atoms with Crippen LogP contribution < -0.4 is 10.6 Å². The van der Waals surface area contributed by atoms with E-state index in [0.29, 0.717) is 39.1 Å². The molecule has 2 heterocycles. The highest BCUT2D eigenvalue weighted by Gasteiger charge is 2.11. The molecule has 0 aliphatic carbocycles. The van der Waals surface area contributed by atoms with Crippen LogP contribution in [0.5, 0.6) is 0 Å². The van der Waals surface area contributed by atoms with Gasteiger partial charge in [-0.05, 0) is 36.4 Å². The van der Waals surface area contributed by atoms with Gasteiger partial charge in [0.05, 0.1) is 5.75 Å². The van der Waals surface area contributed by atoms with Crippen LogP contribution in [0, 0.1) is 6.92 Å². The van der Waals surface area contributed by atoms with Crippen molar-refractivity contribution >= 4 is 46.1 Å². The number of anilines is 2. The third kappa shape index (κ3) is 4.49. The largest absolute Gasteiger partial charge is 0.441 e. The summed E-state index contributed by atoms with van der Waals surface area (Å²) in [5, 5.41) is 14.0. The molecule has 0 aliphatic heterocycles. The summed E-state index contributed by atoms with van der Waals surface area (Å²) in [6.07, 6.45) is 1.57. The molecule has 9 nitrogen and oxygen atoms in total. The molecule has 0 spiro atoms. The van der Waals surface area contributed by atoms with E-state index in [1.807, 2.05) is 7.05 Å². The topological polar surface area (TPSA) is 115 Å². The lowest BCUT2D eigenvalue weighted by molar-refractivity contribution is -0.113. The molecule has 2 aromatic carbocycles. The highest BCUT2D eigenvalue weighted by Crippen LogP contribution is 2.21. The minimum atomic E-state index is -0.292. The summed E-state index contributed by atoms with van der Waals surface area (Å²) in [7, 11) is 1.81. The molecule has 0 unspecified atom stereocenters. The summed E-state index contributed by atoms with van der Waals surface area (Å²) >= 11 is 1.28. The Morgan fingerprint density at radius 3 is 2.77 bits per heavy atom. The highest BCUT2D eigenvalue weighted by molar-refractivity contribution is 7.99. The number of thioether (sulfide) groups is 1. The van der Waals surface area contributed by atoms with Crippen molar-refractivity contribution < 1.29 is 14.0 Å². The Kier molecular flexibility index (Phi) is 5.48. The van der Waals surface area contributed by atoms with Gasteiger partial charge >= 0.3 is 0 Å². The van der Waals surface area contributed by atoms with Crippen molar-refractivity contribution in [1.82, 2.24) is 19.7 Å². The molecule has 30 heavy (non-hydrogen) atoms. The van der Waals surface area contributed by atoms with Gasteiger partial charge in [0.15, 0.2) is 16.6 Å². The maximum absolute atomic E-state index is 12.6. The number of amides is 2. The Balaban J connectivity index is 1.39. The number of hydrogen-bond acceptors (Lipinski definition) is 7. The molecule has 0 saturated carbocycles. The number of carbonyl (C=O) groups excluding carboxylic acids is 2. The second kappa shape index (κ2) is 8.37. The minimum Gasteiger partial charge on any atom is -0.441 e. The SMILES string of the molecule is Cc1nc2cc(NC(=O)c3cccc(NC(=O)CSc4nncn4C)c3)ccc2o1. The van der Waals surface area contributed by atoms with Crippen molar-refractivity contribution in [3.8, 4) is 0 Å². The maximum atomic E-state index is 12.6. The van der Waals surface area contributed by atoms with Crippen LogP contribution in [0.3, 0.4) is 0 Å². The fourth-order valence-electron chi connectivity index (χ4n) is 2.79. The summed E-state index contributed by atoms with van der Waals surface area (Å²) in [4.78, 5) is 29.1. The van der Waals surface area contributed by atoms with Crippen LogP contribution in [0.2, 0.25) is 0 Å². The molecule has 0 aliphatic rings. The molecule has 152 valence electrons. The molecule has 10 heteroatoms. The van der Waals surface area contributed by atoms with Crippen LogP contribution in [0.1, 0.15) is 16.2 Å². The van der Waals surface area contributed by atoms with E-state index in [1.54, 1.807) is 60.3 Å². The number of aryl methyl sites for hydroxylation is 2. The number of rotatable bonds is 6. The first kappa shape index (κ1) is 19.6. The van der Waals surface area contributed by atoms with Crippen molar-refractivity contribution in [3.63, 3.8) is 0 Å². The van der Waals surface area contributed by atoms with E-state index >= 15 is 0 Å². The molecule has 0 radical (unpaired) electrons. The number of fused-ring (bicyclic) bond motifs is 1. The number of aromatic nitrogens is 4. The Morgan fingerprint density at radius 1 is 1.13 bits per heavy atom. The van der Waals surface area contributed by atoms with Crippen LogP contribution in [-0.2, 0) is 11.8 Å². The van der Waals surface area contributed by atoms with Crippen molar-refractivity contribution in [2.75, 3.05) is 16.4 Å². The predicted octanol–water partition coefficient (Wildman–Crippen LogP) is 3.25. The van der Waals surface area contributed by atoms with Crippen LogP contribution in [-0.4, -0.2) is 37.3 Å². The van der Waals surface area contributed by atoms with Crippen molar-refractivity contribution in [3.05, 3.63) is 60.2 Å². The lowest BCUT2D eigenvalue weighted by atomic mass is 10.1. The molecule has 0 saturated heterocycles. The second-order valence-corrected chi connectivity index (χ2v) is 7.45. The molecular weight excluding hydrogens is 404 g/mol. The summed E-state index contributed by atoms with van der Waals surface area (Å²) < 4.78 is 7.18. The standard InChI is InChI=1S/C20H18N6O3S/c1-12-22-16-9-15(6-7-17(16)29-12)24-19(28)13-4-3-5-14(8-13)23-18(27)10-30-20-25-21-11-26(20)2/h3-9,11H,10H2,1-2H3,(H,23,27)(H,24,28). The van der Waals surface area contributed by atoms with Crippen LogP contribution in [0.25, 0.3) is 11.1 Å². The third-order valence-corrected chi connectivity index (χ3v) is 5.20. The first-order valence-corrected chi connectivity index (χ1v) is 10.0. The molecule has 0 bridgehead atoms. The van der Waals surface area contributed by atoms with E-state index in [1.165, 1.54) is 11.8 Å². The van der Waals surface area contributed by atoms with Crippen LogP contribution in [0.15, 0.2) is 58.4 Å². The smallest absolute Gasteiger partial charge is 0.255 e. The fourth-order valence-corrected chi connectivity index (χ4v) is 3.48. The molecule has 0 atom stereocenters. The summed E-state index contributed by atoms with van der Waals surface area (Å²) in [6.45, 7) is 1.77. The van der Waals surface area contributed by atoms with Crippen molar-refractivity contribution in [2.45, 2.75) is 12.1 Å². The Bertz CT molecular complexity index is 1230. The first-order chi connectivity index (χ1) is 14.5. The van der Waals surface area contributed by atoms with Crippen LogP contribution in [0.4, 0.5) is 11.4 Å². The normalized spacial score (nSPS) is 10.9. The van der Waals surface area contributed by atoms with Gasteiger partial charge in [0.2, 0.25) is 5.91 Å². The summed E-state index contributed by atoms with van der Waals surface area (Å²) in [5.41, 5.74) is 2.90. The second-order valence-electron chi connectivity index (χ2n) is 6.51. The van der Waals surface area contributed by atoms with Crippen molar-refractivity contribution in [2.24, 2.45) is 7.05 Å². The van der Waals surface area contributed by atoms with Gasteiger partial charge in [-0.25, -0.2) is 4.98 Å². The van der Waals surface area contributed by atoms with E-state index in [9.17, 15) is 9.59 Å². The third-order valence-electron chi connectivity index (χ3n) is 4.16. The zero-order valence-corrected chi connectivity index (χ0v) is 17.1. The molecule has 4 aromatic rings. The lowest BCUT2D eigenvalue weighted by Crippen LogP contribution is -2.16. The minimum absolute atomic E-state index is 0.181. The lowest BCUT2D eigenvalue weighted by Gasteiger charge is -2.08. The van der Waals surface area contributed by atoms with E-state index < -0.39 is 0 Å². The first-order valence-electron chi connectivity index (χ1n) is 9.03. The summed E-state index contributed by atoms with van der Waals surface area (Å²) in [5.74, 6) is 0.251. The molecular formula is C20H18N6O3S. The highest BCUT2D eigenvalue weighted by atomic mass is 32.2. The van der Waals surface area contributed by atoms with Gasteiger partial charge in [0.1, 0.15) is 11.8 Å². The summed E-state index contributed by atoms with van der Waals surface area (Å²) in [6, 6.07) is 12.0. The number of hydrogen-bond donors (Lipinski definition) is 2. The van der Waals surface area contributed by atoms with Crippen LogP contribution >= 0.6 is 11.8 Å². The number of carbonyl (C=O) groups is 2. The molecule has 2 N–H and O–H groups in total. The van der Waals surface area contributed by atoms with Gasteiger partial charge in [0, 0.05) is 30.9 Å². The average Bonchev–Trinajstić information content (AvgIpc) is 3.30. The van der Waals surface area contributed by atoms with E-state index in [0.717, 1.165) is 0 Å². The number of benzene rings is 2. The molecule has 0 fully saturated rings. The van der Waals surface area contributed by atoms with Gasteiger partial charge in [-0.3, -0.25) is 9.59 Å². The maximum Gasteiger partial charge on any atom is 0.255 e. The van der Waals surface area contributed by atoms with E-state index in [4.69, 9.17) is 4.42 Å². The number of nitrogens with zero attached hydrogens (tertiary/aromatic N) is 4. The molecule has 2 aromatic heterocycles. The monoisotopic (exact) mass is 422 g/mol. The zero-order valence-electron chi connectivity index (χ0n) is 16.2. The van der Waals surface area contributed by atoms with E-state index in [2.05, 4.69) is 25.8 Å². The molecule has 2 amide bonds. The van der Waals surface area contributed by atoms with Crippen molar-refractivity contribution in [1.29, 1.82) is 0 Å².